The number of pyridine rings is 2. The average Bonchev–Trinajstić information content (AvgIpc) is 2.21. The summed E-state index contributed by atoms with van der Waals surface area (Å²) in [6.45, 7) is 0. The van der Waals surface area contributed by atoms with Gasteiger partial charge in [0.05, 0.1) is 11.4 Å². The summed E-state index contributed by atoms with van der Waals surface area (Å²) in [6.07, 6.45) is 3.54. The van der Waals surface area contributed by atoms with E-state index in [4.69, 9.17) is 0 Å². The van der Waals surface area contributed by atoms with Gasteiger partial charge in [0.25, 0.3) is 0 Å². The van der Waals surface area contributed by atoms with Gasteiger partial charge in [0.15, 0.2) is 0 Å². The van der Waals surface area contributed by atoms with Crippen LogP contribution in [0, 0.1) is 7.43 Å². The maximum Gasteiger partial charge on any atom is 0.0886 e. The van der Waals surface area contributed by atoms with Gasteiger partial charge < -0.3 is 12.9 Å². The van der Waals surface area contributed by atoms with E-state index in [2.05, 4.69) is 9.97 Å². The van der Waals surface area contributed by atoms with E-state index in [0.717, 1.165) is 11.4 Å². The molecule has 0 aliphatic heterocycles. The SMILES string of the molecule is O.[CH3-].[Rh].c1ccc(-c2ccccn2)nc1. The predicted molar refractivity (Wildman–Crippen MR) is 57.5 cm³/mol. The van der Waals surface area contributed by atoms with Crippen LogP contribution >= 0.6 is 0 Å². The summed E-state index contributed by atoms with van der Waals surface area (Å²) >= 11 is 0. The second-order valence-corrected chi connectivity index (χ2v) is 2.43. The second-order valence-electron chi connectivity index (χ2n) is 2.43. The van der Waals surface area contributed by atoms with Crippen LogP contribution < -0.4 is 0 Å². The van der Waals surface area contributed by atoms with Crippen molar-refractivity contribution >= 4 is 0 Å². The van der Waals surface area contributed by atoms with Crippen molar-refractivity contribution in [2.75, 3.05) is 0 Å². The fourth-order valence-electron chi connectivity index (χ4n) is 1.03. The average molecular weight is 292 g/mol. The largest absolute Gasteiger partial charge is 0.412 e. The molecule has 15 heavy (non-hydrogen) atoms. The zero-order valence-corrected chi connectivity index (χ0v) is 9.99. The van der Waals surface area contributed by atoms with Crippen molar-refractivity contribution in [3.8, 4) is 11.4 Å². The third-order valence-corrected chi connectivity index (χ3v) is 1.59. The summed E-state index contributed by atoms with van der Waals surface area (Å²) in [4.78, 5) is 8.37. The summed E-state index contributed by atoms with van der Waals surface area (Å²) in [5.74, 6) is 0. The van der Waals surface area contributed by atoms with Crippen LogP contribution in [0.25, 0.3) is 11.4 Å². The normalized spacial score (nSPS) is 7.73. The molecular formula is C11H13N2ORh-. The first kappa shape index (κ1) is 16.3. The van der Waals surface area contributed by atoms with Gasteiger partial charge in [-0.15, -0.1) is 0 Å². The van der Waals surface area contributed by atoms with Gasteiger partial charge in [0, 0.05) is 31.9 Å². The fourth-order valence-corrected chi connectivity index (χ4v) is 1.03. The number of hydrogen-bond donors (Lipinski definition) is 0. The molecule has 3 nitrogen and oxygen atoms in total. The van der Waals surface area contributed by atoms with E-state index in [1.807, 2.05) is 36.4 Å². The third kappa shape index (κ3) is 4.28. The Morgan fingerprint density at radius 1 is 0.733 bits per heavy atom. The summed E-state index contributed by atoms with van der Waals surface area (Å²) in [7, 11) is 0. The Labute approximate surface area is 103 Å². The molecule has 2 N–H and O–H groups in total. The Morgan fingerprint density at radius 3 is 1.40 bits per heavy atom. The van der Waals surface area contributed by atoms with E-state index in [0.29, 0.717) is 0 Å². The fraction of sp³-hybridized carbons (Fsp3) is 0. The molecule has 0 amide bonds. The molecule has 0 spiro atoms. The summed E-state index contributed by atoms with van der Waals surface area (Å²) < 4.78 is 0. The van der Waals surface area contributed by atoms with Gasteiger partial charge in [-0.25, -0.2) is 0 Å². The molecule has 0 aliphatic carbocycles. The van der Waals surface area contributed by atoms with Crippen molar-refractivity contribution in [3.63, 3.8) is 0 Å². The Kier molecular flexibility index (Phi) is 8.93. The van der Waals surface area contributed by atoms with Crippen LogP contribution in [0.4, 0.5) is 0 Å². The van der Waals surface area contributed by atoms with Crippen LogP contribution in [0.1, 0.15) is 0 Å². The van der Waals surface area contributed by atoms with Crippen LogP contribution in [-0.4, -0.2) is 15.4 Å². The molecule has 0 saturated carbocycles. The molecule has 1 radical (unpaired) electrons. The molecule has 2 aromatic heterocycles. The maximum atomic E-state index is 4.19. The van der Waals surface area contributed by atoms with Gasteiger partial charge in [-0.2, -0.15) is 0 Å². The van der Waals surface area contributed by atoms with Gasteiger partial charge >= 0.3 is 0 Å². The van der Waals surface area contributed by atoms with Crippen molar-refractivity contribution < 1.29 is 25.0 Å². The first-order valence-corrected chi connectivity index (χ1v) is 3.79. The quantitative estimate of drug-likeness (QED) is 0.594. The van der Waals surface area contributed by atoms with E-state index in [-0.39, 0.29) is 32.4 Å². The molecule has 0 aromatic carbocycles. The van der Waals surface area contributed by atoms with Crippen molar-refractivity contribution in [2.24, 2.45) is 0 Å². The van der Waals surface area contributed by atoms with Crippen molar-refractivity contribution in [1.82, 2.24) is 9.97 Å². The Morgan fingerprint density at radius 2 is 1.13 bits per heavy atom. The zero-order valence-electron chi connectivity index (χ0n) is 8.35. The van der Waals surface area contributed by atoms with E-state index >= 15 is 0 Å². The molecule has 0 atom stereocenters. The van der Waals surface area contributed by atoms with E-state index < -0.39 is 0 Å². The molecule has 2 rings (SSSR count). The first-order chi connectivity index (χ1) is 5.97. The van der Waals surface area contributed by atoms with Crippen molar-refractivity contribution in [2.45, 2.75) is 0 Å². The third-order valence-electron chi connectivity index (χ3n) is 1.59. The number of hydrogen-bond acceptors (Lipinski definition) is 2. The van der Waals surface area contributed by atoms with Crippen LogP contribution in [0.5, 0.6) is 0 Å². The summed E-state index contributed by atoms with van der Waals surface area (Å²) in [6, 6.07) is 11.6. The number of nitrogens with zero attached hydrogens (tertiary/aromatic N) is 2. The smallest absolute Gasteiger partial charge is 0.0886 e. The maximum absolute atomic E-state index is 4.19. The van der Waals surface area contributed by atoms with Crippen molar-refractivity contribution in [1.29, 1.82) is 0 Å². The van der Waals surface area contributed by atoms with Crippen LogP contribution in [-0.2, 0) is 19.5 Å². The number of rotatable bonds is 1. The molecule has 2 aromatic rings. The van der Waals surface area contributed by atoms with Gasteiger partial charge in [0.2, 0.25) is 0 Å². The molecule has 0 bridgehead atoms. The minimum absolute atomic E-state index is 0. The molecule has 0 fully saturated rings. The number of aromatic nitrogens is 2. The van der Waals surface area contributed by atoms with Crippen LogP contribution in [0.15, 0.2) is 48.8 Å². The minimum Gasteiger partial charge on any atom is -0.412 e. The zero-order chi connectivity index (χ0) is 8.23. The Balaban J connectivity index is 0. The van der Waals surface area contributed by atoms with Gasteiger partial charge in [0.1, 0.15) is 0 Å². The van der Waals surface area contributed by atoms with Crippen LogP contribution in [0.3, 0.4) is 0 Å². The molecule has 0 aliphatic rings. The van der Waals surface area contributed by atoms with Gasteiger partial charge in [-0.3, -0.25) is 9.97 Å². The molecular weight excluding hydrogens is 279 g/mol. The monoisotopic (exact) mass is 292 g/mol. The second kappa shape index (κ2) is 8.21. The standard InChI is InChI=1S/C10H8N2.CH3.H2O.Rh/c1-3-7-11-9(5-1)10-6-2-4-8-12-10;;;/h1-8H;1H3;1H2;/q;-1;;. The predicted octanol–water partition coefficient (Wildman–Crippen LogP) is 1.77. The molecule has 0 saturated heterocycles. The van der Waals surface area contributed by atoms with Gasteiger partial charge in [-0.1, -0.05) is 12.1 Å². The Hall–Kier alpha value is -1.12. The van der Waals surface area contributed by atoms with Crippen molar-refractivity contribution in [3.05, 3.63) is 56.2 Å². The Bertz CT molecular complexity index is 316. The molecule has 83 valence electrons. The topological polar surface area (TPSA) is 57.3 Å². The summed E-state index contributed by atoms with van der Waals surface area (Å²) in [5, 5.41) is 0. The van der Waals surface area contributed by atoms with E-state index in [1.54, 1.807) is 12.4 Å². The molecule has 2 heterocycles. The van der Waals surface area contributed by atoms with Crippen LogP contribution in [0.2, 0.25) is 0 Å². The molecule has 4 heteroatoms. The van der Waals surface area contributed by atoms with E-state index in [9.17, 15) is 0 Å². The van der Waals surface area contributed by atoms with Gasteiger partial charge in [-0.05, 0) is 24.3 Å². The minimum atomic E-state index is 0. The summed E-state index contributed by atoms with van der Waals surface area (Å²) in [5.41, 5.74) is 1.83. The molecule has 0 unspecified atom stereocenters. The first-order valence-electron chi connectivity index (χ1n) is 3.79. The van der Waals surface area contributed by atoms with E-state index in [1.165, 1.54) is 0 Å².